The summed E-state index contributed by atoms with van der Waals surface area (Å²) in [7, 11) is 0. The summed E-state index contributed by atoms with van der Waals surface area (Å²) in [6.07, 6.45) is 15.4. The molecule has 0 spiro atoms. The molecule has 0 radical (unpaired) electrons. The lowest BCUT2D eigenvalue weighted by molar-refractivity contribution is 0.157. The summed E-state index contributed by atoms with van der Waals surface area (Å²) in [5.74, 6) is 0.450. The molecule has 2 rings (SSSR count). The molecule has 4 unspecified atom stereocenters. The molecule has 0 aromatic carbocycles. The van der Waals surface area contributed by atoms with Gasteiger partial charge < -0.3 is 10.2 Å². The maximum absolute atomic E-state index is 9.75. The van der Waals surface area contributed by atoms with Crippen molar-refractivity contribution < 1.29 is 10.2 Å². The summed E-state index contributed by atoms with van der Waals surface area (Å²) < 4.78 is 0. The molecule has 0 fully saturated rings. The van der Waals surface area contributed by atoms with Gasteiger partial charge in [0.25, 0.3) is 0 Å². The van der Waals surface area contributed by atoms with Crippen molar-refractivity contribution in [3.8, 4) is 0 Å². The van der Waals surface area contributed by atoms with Crippen molar-refractivity contribution in [3.05, 3.63) is 36.5 Å². The van der Waals surface area contributed by atoms with Crippen LogP contribution in [0.25, 0.3) is 0 Å². The van der Waals surface area contributed by atoms with Gasteiger partial charge in [-0.2, -0.15) is 0 Å². The first kappa shape index (κ1) is 11.6. The summed E-state index contributed by atoms with van der Waals surface area (Å²) in [5, 5.41) is 19.5. The van der Waals surface area contributed by atoms with E-state index >= 15 is 0 Å². The Morgan fingerprint density at radius 1 is 0.812 bits per heavy atom. The van der Waals surface area contributed by atoms with Crippen molar-refractivity contribution in [2.24, 2.45) is 11.8 Å². The van der Waals surface area contributed by atoms with Crippen LogP contribution in [0.4, 0.5) is 0 Å². The van der Waals surface area contributed by atoms with Crippen LogP contribution < -0.4 is 0 Å². The van der Waals surface area contributed by atoms with Crippen molar-refractivity contribution in [2.45, 2.75) is 37.9 Å². The Morgan fingerprint density at radius 2 is 1.25 bits per heavy atom. The van der Waals surface area contributed by atoms with Crippen molar-refractivity contribution >= 4 is 0 Å². The molecular formula is C14H20O2. The Balaban J connectivity index is 1.93. The molecule has 2 nitrogen and oxygen atoms in total. The molecule has 0 saturated carbocycles. The third kappa shape index (κ3) is 2.83. The van der Waals surface area contributed by atoms with Crippen LogP contribution in [0.3, 0.4) is 0 Å². The van der Waals surface area contributed by atoms with Gasteiger partial charge in [-0.15, -0.1) is 0 Å². The zero-order valence-corrected chi connectivity index (χ0v) is 9.50. The Kier molecular flexibility index (Phi) is 3.97. The third-order valence-corrected chi connectivity index (χ3v) is 3.48. The first-order valence-corrected chi connectivity index (χ1v) is 6.15. The molecule has 2 aliphatic rings. The quantitative estimate of drug-likeness (QED) is 0.700. The molecule has 0 aliphatic heterocycles. The highest BCUT2D eigenvalue weighted by Gasteiger charge is 2.19. The van der Waals surface area contributed by atoms with Gasteiger partial charge >= 0.3 is 0 Å². The topological polar surface area (TPSA) is 40.5 Å². The van der Waals surface area contributed by atoms with Gasteiger partial charge in [-0.05, 0) is 25.7 Å². The van der Waals surface area contributed by atoms with E-state index in [0.29, 0.717) is 0 Å². The normalized spacial score (nSPS) is 39.4. The van der Waals surface area contributed by atoms with Gasteiger partial charge in [-0.3, -0.25) is 0 Å². The Morgan fingerprint density at radius 3 is 1.62 bits per heavy atom. The van der Waals surface area contributed by atoms with E-state index < -0.39 is 0 Å². The molecule has 0 aromatic heterocycles. The highest BCUT2D eigenvalue weighted by Crippen LogP contribution is 2.24. The number of hydrogen-bond donors (Lipinski definition) is 2. The van der Waals surface area contributed by atoms with Crippen molar-refractivity contribution in [2.75, 3.05) is 0 Å². The van der Waals surface area contributed by atoms with Gasteiger partial charge in [0.15, 0.2) is 0 Å². The van der Waals surface area contributed by atoms with Crippen LogP contribution in [0, 0.1) is 11.8 Å². The summed E-state index contributed by atoms with van der Waals surface area (Å²) in [6, 6.07) is 0. The van der Waals surface area contributed by atoms with E-state index in [-0.39, 0.29) is 24.0 Å². The zero-order valence-electron chi connectivity index (χ0n) is 9.50. The Bertz CT molecular complexity index is 274. The number of rotatable bonds is 2. The van der Waals surface area contributed by atoms with E-state index in [2.05, 4.69) is 12.2 Å². The first-order valence-electron chi connectivity index (χ1n) is 6.15. The van der Waals surface area contributed by atoms with Gasteiger partial charge in [-0.1, -0.05) is 36.5 Å². The number of hydrogen-bond acceptors (Lipinski definition) is 2. The van der Waals surface area contributed by atoms with Crippen LogP contribution in [0.5, 0.6) is 0 Å². The summed E-state index contributed by atoms with van der Waals surface area (Å²) >= 11 is 0. The number of aliphatic hydroxyl groups is 2. The van der Waals surface area contributed by atoms with E-state index in [1.165, 1.54) is 0 Å². The average Bonchev–Trinajstić information content (AvgIpc) is 2.30. The molecule has 0 aromatic rings. The fraction of sp³-hybridized carbons (Fsp3) is 0.571. The van der Waals surface area contributed by atoms with E-state index in [1.807, 2.05) is 24.3 Å². The lowest BCUT2D eigenvalue weighted by Crippen LogP contribution is -2.21. The van der Waals surface area contributed by atoms with Crippen molar-refractivity contribution in [1.29, 1.82) is 0 Å². The molecule has 2 N–H and O–H groups in total. The van der Waals surface area contributed by atoms with Crippen LogP contribution >= 0.6 is 0 Å². The summed E-state index contributed by atoms with van der Waals surface area (Å²) in [4.78, 5) is 0. The largest absolute Gasteiger partial charge is 0.388 e. The fourth-order valence-electron chi connectivity index (χ4n) is 2.38. The maximum Gasteiger partial charge on any atom is 0.0783 e. The molecule has 2 heteroatoms. The highest BCUT2D eigenvalue weighted by atomic mass is 16.3. The SMILES string of the molecule is OC1C=CCCC1/C=C/C1CCC=CC1O. The van der Waals surface area contributed by atoms with Crippen LogP contribution in [-0.4, -0.2) is 22.4 Å². The van der Waals surface area contributed by atoms with Gasteiger partial charge in [0.05, 0.1) is 12.2 Å². The van der Waals surface area contributed by atoms with Crippen LogP contribution in [0.2, 0.25) is 0 Å². The molecule has 0 bridgehead atoms. The minimum Gasteiger partial charge on any atom is -0.388 e. The van der Waals surface area contributed by atoms with Crippen molar-refractivity contribution in [1.82, 2.24) is 0 Å². The standard InChI is InChI=1S/C14H20O2/c15-13-7-3-1-5-11(13)9-10-12-6-2-4-8-14(12)16/h3-4,7-16H,1-2,5-6H2/b10-9+. The lowest BCUT2D eigenvalue weighted by Gasteiger charge is -2.23. The molecule has 2 aliphatic carbocycles. The first-order chi connectivity index (χ1) is 7.77. The Labute approximate surface area is 97.0 Å². The fourth-order valence-corrected chi connectivity index (χ4v) is 2.38. The summed E-state index contributed by atoms with van der Waals surface area (Å²) in [6.45, 7) is 0. The molecule has 4 atom stereocenters. The molecule has 0 amide bonds. The summed E-state index contributed by atoms with van der Waals surface area (Å²) in [5.41, 5.74) is 0. The highest BCUT2D eigenvalue weighted by molar-refractivity contribution is 5.09. The van der Waals surface area contributed by atoms with E-state index in [0.717, 1.165) is 25.7 Å². The molecule has 16 heavy (non-hydrogen) atoms. The second-order valence-corrected chi connectivity index (χ2v) is 4.70. The van der Waals surface area contributed by atoms with Crippen LogP contribution in [0.15, 0.2) is 36.5 Å². The van der Waals surface area contributed by atoms with E-state index in [9.17, 15) is 10.2 Å². The zero-order chi connectivity index (χ0) is 11.4. The Hall–Kier alpha value is -0.860. The monoisotopic (exact) mass is 220 g/mol. The molecule has 0 saturated heterocycles. The third-order valence-electron chi connectivity index (χ3n) is 3.48. The molecule has 88 valence electrons. The van der Waals surface area contributed by atoms with Gasteiger partial charge in [-0.25, -0.2) is 0 Å². The predicted octanol–water partition coefficient (Wildman–Crippen LogP) is 2.20. The molecular weight excluding hydrogens is 200 g/mol. The van der Waals surface area contributed by atoms with Crippen molar-refractivity contribution in [3.63, 3.8) is 0 Å². The van der Waals surface area contributed by atoms with Gasteiger partial charge in [0, 0.05) is 11.8 Å². The minimum atomic E-state index is -0.346. The second kappa shape index (κ2) is 5.46. The van der Waals surface area contributed by atoms with E-state index in [4.69, 9.17) is 0 Å². The van der Waals surface area contributed by atoms with Gasteiger partial charge in [0.1, 0.15) is 0 Å². The number of allylic oxidation sites excluding steroid dienone is 2. The van der Waals surface area contributed by atoms with E-state index in [1.54, 1.807) is 0 Å². The minimum absolute atomic E-state index is 0.225. The number of aliphatic hydroxyl groups excluding tert-OH is 2. The lowest BCUT2D eigenvalue weighted by atomic mass is 9.87. The smallest absolute Gasteiger partial charge is 0.0783 e. The van der Waals surface area contributed by atoms with Gasteiger partial charge in [0.2, 0.25) is 0 Å². The molecule has 0 heterocycles. The second-order valence-electron chi connectivity index (χ2n) is 4.70. The van der Waals surface area contributed by atoms with Crippen LogP contribution in [0.1, 0.15) is 25.7 Å². The maximum atomic E-state index is 9.75. The predicted molar refractivity (Wildman–Crippen MR) is 64.9 cm³/mol. The van der Waals surface area contributed by atoms with Crippen LogP contribution in [-0.2, 0) is 0 Å². The average molecular weight is 220 g/mol.